The van der Waals surface area contributed by atoms with Gasteiger partial charge in [-0.1, -0.05) is 6.07 Å². The zero-order chi connectivity index (χ0) is 17.8. The van der Waals surface area contributed by atoms with Crippen LogP contribution >= 0.6 is 0 Å². The van der Waals surface area contributed by atoms with E-state index in [1.54, 1.807) is 11.9 Å². The number of rotatable bonds is 6. The molecular weight excluding hydrogens is 324 g/mol. The lowest BCUT2D eigenvalue weighted by Gasteiger charge is -2.28. The molecule has 1 aromatic carbocycles. The van der Waals surface area contributed by atoms with E-state index in [1.165, 1.54) is 0 Å². The number of fused-ring (bicyclic) bond motifs is 1. The van der Waals surface area contributed by atoms with Crippen molar-refractivity contribution < 1.29 is 24.2 Å². The van der Waals surface area contributed by atoms with Crippen molar-refractivity contribution in [2.24, 2.45) is 0 Å². The molecule has 25 heavy (non-hydrogen) atoms. The van der Waals surface area contributed by atoms with Crippen LogP contribution in [0.3, 0.4) is 0 Å². The van der Waals surface area contributed by atoms with Crippen LogP contribution in [0.1, 0.15) is 30.9 Å². The van der Waals surface area contributed by atoms with Gasteiger partial charge in [-0.15, -0.1) is 0 Å². The highest BCUT2D eigenvalue weighted by Gasteiger charge is 2.31. The van der Waals surface area contributed by atoms with Gasteiger partial charge in [-0.05, 0) is 37.6 Å². The topological polar surface area (TPSA) is 79.3 Å². The maximum Gasteiger partial charge on any atom is 0.304 e. The zero-order valence-corrected chi connectivity index (χ0v) is 14.4. The third-order valence-corrected chi connectivity index (χ3v) is 4.64. The number of amides is 1. The fraction of sp³-hybridized carbons (Fsp3) is 0.556. The highest BCUT2D eigenvalue weighted by atomic mass is 16.6. The molecule has 1 aromatic rings. The summed E-state index contributed by atoms with van der Waals surface area (Å²) in [5.41, 5.74) is 1.06. The Labute approximate surface area is 147 Å². The van der Waals surface area contributed by atoms with E-state index < -0.39 is 5.97 Å². The second-order valence-electron chi connectivity index (χ2n) is 6.53. The second-order valence-corrected chi connectivity index (χ2v) is 6.53. The molecule has 1 N–H and O–H groups in total. The van der Waals surface area contributed by atoms with E-state index in [0.717, 1.165) is 36.4 Å². The Morgan fingerprint density at radius 2 is 2.04 bits per heavy atom. The summed E-state index contributed by atoms with van der Waals surface area (Å²) in [5.74, 6) is 0.667. The van der Waals surface area contributed by atoms with Crippen LogP contribution in [0.4, 0.5) is 0 Å². The molecule has 1 unspecified atom stereocenters. The molecule has 0 aliphatic carbocycles. The summed E-state index contributed by atoms with van der Waals surface area (Å²) >= 11 is 0. The smallest absolute Gasteiger partial charge is 0.304 e. The predicted molar refractivity (Wildman–Crippen MR) is 90.9 cm³/mol. The highest BCUT2D eigenvalue weighted by molar-refractivity contribution is 5.79. The molecule has 1 saturated heterocycles. The van der Waals surface area contributed by atoms with E-state index in [9.17, 15) is 9.59 Å². The van der Waals surface area contributed by atoms with Crippen LogP contribution in [-0.4, -0.2) is 66.7 Å². The molecule has 1 fully saturated rings. The van der Waals surface area contributed by atoms with Gasteiger partial charge in [-0.3, -0.25) is 14.5 Å². The Bertz CT molecular complexity index is 648. The van der Waals surface area contributed by atoms with Crippen molar-refractivity contribution in [3.8, 4) is 11.5 Å². The summed E-state index contributed by atoms with van der Waals surface area (Å²) in [6.45, 7) is 2.42. The van der Waals surface area contributed by atoms with Gasteiger partial charge < -0.3 is 19.5 Å². The van der Waals surface area contributed by atoms with Crippen LogP contribution in [0.25, 0.3) is 0 Å². The van der Waals surface area contributed by atoms with Gasteiger partial charge in [0.05, 0.1) is 19.0 Å². The van der Waals surface area contributed by atoms with E-state index in [2.05, 4.69) is 0 Å². The van der Waals surface area contributed by atoms with Crippen molar-refractivity contribution in [2.75, 3.05) is 39.9 Å². The fourth-order valence-electron chi connectivity index (χ4n) is 3.37. The van der Waals surface area contributed by atoms with E-state index in [-0.39, 0.29) is 24.9 Å². The molecule has 0 radical (unpaired) electrons. The Kier molecular flexibility index (Phi) is 5.43. The molecule has 1 atom stereocenters. The molecule has 2 aliphatic rings. The van der Waals surface area contributed by atoms with E-state index >= 15 is 0 Å². The van der Waals surface area contributed by atoms with Crippen LogP contribution in [0.5, 0.6) is 11.5 Å². The Morgan fingerprint density at radius 1 is 1.28 bits per heavy atom. The van der Waals surface area contributed by atoms with Crippen LogP contribution in [0, 0.1) is 0 Å². The van der Waals surface area contributed by atoms with Gasteiger partial charge >= 0.3 is 5.97 Å². The van der Waals surface area contributed by atoms with Crippen molar-refractivity contribution in [3.05, 3.63) is 23.8 Å². The lowest BCUT2D eigenvalue weighted by molar-refractivity contribution is -0.138. The molecule has 0 saturated carbocycles. The molecule has 2 aliphatic heterocycles. The average molecular weight is 348 g/mol. The van der Waals surface area contributed by atoms with Gasteiger partial charge in [-0.25, -0.2) is 0 Å². The first-order valence-electron chi connectivity index (χ1n) is 8.64. The zero-order valence-electron chi connectivity index (χ0n) is 14.4. The number of hydrogen-bond acceptors (Lipinski definition) is 5. The van der Waals surface area contributed by atoms with E-state index in [0.29, 0.717) is 19.8 Å². The fourth-order valence-corrected chi connectivity index (χ4v) is 3.37. The number of carbonyl (C=O) groups excluding carboxylic acids is 1. The van der Waals surface area contributed by atoms with Gasteiger partial charge in [0, 0.05) is 13.1 Å². The van der Waals surface area contributed by atoms with Crippen LogP contribution in [-0.2, 0) is 9.59 Å². The number of nitrogens with zero attached hydrogens (tertiary/aromatic N) is 2. The van der Waals surface area contributed by atoms with Crippen molar-refractivity contribution in [3.63, 3.8) is 0 Å². The maximum atomic E-state index is 12.7. The van der Waals surface area contributed by atoms with Gasteiger partial charge in [0.25, 0.3) is 0 Å². The molecule has 1 amide bonds. The van der Waals surface area contributed by atoms with Gasteiger partial charge in [-0.2, -0.15) is 0 Å². The number of hydrogen-bond donors (Lipinski definition) is 1. The highest BCUT2D eigenvalue weighted by Crippen LogP contribution is 2.38. The second kappa shape index (κ2) is 7.74. The third kappa shape index (κ3) is 4.22. The lowest BCUT2D eigenvalue weighted by Crippen LogP contribution is -2.39. The molecule has 0 aromatic heterocycles. The molecule has 0 bridgehead atoms. The standard InChI is InChI=1S/C18H24N2O5/c1-19(8-6-18(22)23)12-17(21)20-7-2-3-14(20)13-4-5-15-16(11-13)25-10-9-24-15/h4-5,11,14H,2-3,6-10,12H2,1H3,(H,22,23). The van der Waals surface area contributed by atoms with Gasteiger partial charge in [0.1, 0.15) is 13.2 Å². The number of aliphatic carboxylic acids is 1. The molecule has 7 heteroatoms. The van der Waals surface area contributed by atoms with Crippen LogP contribution in [0.2, 0.25) is 0 Å². The predicted octanol–water partition coefficient (Wildman–Crippen LogP) is 1.53. The number of carboxylic acids is 1. The third-order valence-electron chi connectivity index (χ3n) is 4.64. The molecule has 3 rings (SSSR count). The summed E-state index contributed by atoms with van der Waals surface area (Å²) < 4.78 is 11.2. The molecule has 2 heterocycles. The Morgan fingerprint density at radius 3 is 2.80 bits per heavy atom. The first-order valence-corrected chi connectivity index (χ1v) is 8.64. The number of carbonyl (C=O) groups is 2. The van der Waals surface area contributed by atoms with Crippen LogP contribution < -0.4 is 9.47 Å². The molecule has 136 valence electrons. The van der Waals surface area contributed by atoms with Crippen molar-refractivity contribution in [1.29, 1.82) is 0 Å². The summed E-state index contributed by atoms with van der Waals surface area (Å²) in [4.78, 5) is 27.0. The normalized spacial score (nSPS) is 19.3. The number of carboxylic acid groups (broad SMARTS) is 1. The summed E-state index contributed by atoms with van der Waals surface area (Å²) in [7, 11) is 1.77. The van der Waals surface area contributed by atoms with E-state index in [1.807, 2.05) is 23.1 Å². The number of benzene rings is 1. The number of likely N-dealkylation sites (N-methyl/N-ethyl adjacent to an activating group) is 1. The summed E-state index contributed by atoms with van der Waals surface area (Å²) in [6.07, 6.45) is 1.92. The van der Waals surface area contributed by atoms with Gasteiger partial charge in [0.2, 0.25) is 5.91 Å². The minimum absolute atomic E-state index is 0.0327. The molecular formula is C18H24N2O5. The maximum absolute atomic E-state index is 12.7. The first-order chi connectivity index (χ1) is 12.0. The van der Waals surface area contributed by atoms with E-state index in [4.69, 9.17) is 14.6 Å². The van der Waals surface area contributed by atoms with Crippen LogP contribution in [0.15, 0.2) is 18.2 Å². The number of ether oxygens (including phenoxy) is 2. The minimum Gasteiger partial charge on any atom is -0.486 e. The summed E-state index contributed by atoms with van der Waals surface area (Å²) in [6, 6.07) is 5.91. The SMILES string of the molecule is CN(CCC(=O)O)CC(=O)N1CCCC1c1ccc2c(c1)OCCO2. The van der Waals surface area contributed by atoms with Crippen molar-refractivity contribution in [1.82, 2.24) is 9.80 Å². The Balaban J connectivity index is 1.65. The lowest BCUT2D eigenvalue weighted by atomic mass is 10.0. The minimum atomic E-state index is -0.852. The largest absolute Gasteiger partial charge is 0.486 e. The first kappa shape index (κ1) is 17.5. The van der Waals surface area contributed by atoms with Gasteiger partial charge in [0.15, 0.2) is 11.5 Å². The van der Waals surface area contributed by atoms with Crippen molar-refractivity contribution in [2.45, 2.75) is 25.3 Å². The van der Waals surface area contributed by atoms with Crippen molar-refractivity contribution >= 4 is 11.9 Å². The quantitative estimate of drug-likeness (QED) is 0.840. The molecule has 7 nitrogen and oxygen atoms in total. The average Bonchev–Trinajstić information content (AvgIpc) is 3.09. The molecule has 0 spiro atoms. The number of likely N-dealkylation sites (tertiary alicyclic amines) is 1. The Hall–Kier alpha value is -2.28. The monoisotopic (exact) mass is 348 g/mol. The summed E-state index contributed by atoms with van der Waals surface area (Å²) in [5, 5.41) is 8.75.